The van der Waals surface area contributed by atoms with Gasteiger partial charge in [0.2, 0.25) is 0 Å². The van der Waals surface area contributed by atoms with Crippen molar-refractivity contribution < 1.29 is 5.11 Å². The molecule has 1 rings (SSSR count). The number of terminal acetylenes is 1. The second-order valence-corrected chi connectivity index (χ2v) is 4.05. The summed E-state index contributed by atoms with van der Waals surface area (Å²) >= 11 is 1.56. The lowest BCUT2D eigenvalue weighted by molar-refractivity contribution is 0.176. The average Bonchev–Trinajstić information content (AvgIpc) is 2.72. The van der Waals surface area contributed by atoms with E-state index in [4.69, 9.17) is 6.42 Å². The van der Waals surface area contributed by atoms with Crippen LogP contribution in [0, 0.1) is 12.3 Å². The van der Waals surface area contributed by atoms with Crippen molar-refractivity contribution in [3.63, 3.8) is 0 Å². The monoisotopic (exact) mass is 209 g/mol. The fourth-order valence-corrected chi connectivity index (χ4v) is 1.87. The average molecular weight is 209 g/mol. The number of aliphatic hydroxyl groups is 1. The van der Waals surface area contributed by atoms with Crippen molar-refractivity contribution in [3.8, 4) is 12.3 Å². The van der Waals surface area contributed by atoms with Crippen molar-refractivity contribution in [1.82, 2.24) is 5.32 Å². The van der Waals surface area contributed by atoms with Gasteiger partial charge in [-0.2, -0.15) is 0 Å². The Kier molecular flexibility index (Phi) is 4.68. The topological polar surface area (TPSA) is 32.3 Å². The molecule has 2 nitrogen and oxygen atoms in total. The Hall–Kier alpha value is -0.820. The summed E-state index contributed by atoms with van der Waals surface area (Å²) in [5.74, 6) is 2.63. The molecule has 0 saturated carbocycles. The Morgan fingerprint density at radius 2 is 2.50 bits per heavy atom. The molecule has 2 N–H and O–H groups in total. The lowest BCUT2D eigenvalue weighted by Gasteiger charge is -2.13. The minimum atomic E-state index is -0.447. The van der Waals surface area contributed by atoms with E-state index in [2.05, 4.69) is 11.2 Å². The van der Waals surface area contributed by atoms with Crippen LogP contribution in [0.1, 0.15) is 24.3 Å². The Morgan fingerprint density at radius 3 is 3.00 bits per heavy atom. The highest BCUT2D eigenvalue weighted by Gasteiger charge is 2.09. The fourth-order valence-electron chi connectivity index (χ4n) is 1.16. The molecule has 0 amide bonds. The quantitative estimate of drug-likeness (QED) is 0.725. The van der Waals surface area contributed by atoms with Crippen molar-refractivity contribution in [2.75, 3.05) is 6.54 Å². The molecule has 1 aromatic rings. The summed E-state index contributed by atoms with van der Waals surface area (Å²) in [5, 5.41) is 14.8. The number of nitrogens with one attached hydrogen (secondary N) is 1. The molecule has 0 fully saturated rings. The van der Waals surface area contributed by atoms with Gasteiger partial charge in [0.05, 0.1) is 6.04 Å². The molecule has 0 aliphatic carbocycles. The maximum absolute atomic E-state index is 9.73. The van der Waals surface area contributed by atoms with Gasteiger partial charge in [-0.25, -0.2) is 0 Å². The summed E-state index contributed by atoms with van der Waals surface area (Å²) in [6.45, 7) is 2.54. The number of thiophene rings is 1. The van der Waals surface area contributed by atoms with Crippen LogP contribution in [0.25, 0.3) is 0 Å². The van der Waals surface area contributed by atoms with Gasteiger partial charge in [-0.1, -0.05) is 18.9 Å². The van der Waals surface area contributed by atoms with Crippen molar-refractivity contribution in [2.45, 2.75) is 25.5 Å². The van der Waals surface area contributed by atoms with Gasteiger partial charge in [0.15, 0.2) is 0 Å². The normalized spacial score (nSPS) is 14.6. The van der Waals surface area contributed by atoms with E-state index in [0.717, 1.165) is 11.3 Å². The van der Waals surface area contributed by atoms with E-state index in [0.29, 0.717) is 6.54 Å². The SMILES string of the molecule is C#CC(CC)NCC(O)c1cccs1. The summed E-state index contributed by atoms with van der Waals surface area (Å²) in [4.78, 5) is 0.976. The molecule has 2 atom stereocenters. The molecular weight excluding hydrogens is 194 g/mol. The molecule has 0 saturated heterocycles. The minimum absolute atomic E-state index is 0.0598. The highest BCUT2D eigenvalue weighted by atomic mass is 32.1. The summed E-state index contributed by atoms with van der Waals surface area (Å²) in [6, 6.07) is 3.92. The lowest BCUT2D eigenvalue weighted by Crippen LogP contribution is -2.30. The van der Waals surface area contributed by atoms with Gasteiger partial charge in [0.25, 0.3) is 0 Å². The van der Waals surface area contributed by atoms with Crippen LogP contribution in [0.3, 0.4) is 0 Å². The maximum atomic E-state index is 9.73. The maximum Gasteiger partial charge on any atom is 0.101 e. The minimum Gasteiger partial charge on any atom is -0.386 e. The van der Waals surface area contributed by atoms with E-state index < -0.39 is 6.10 Å². The van der Waals surface area contributed by atoms with Crippen LogP contribution >= 0.6 is 11.3 Å². The Labute approximate surface area is 89.0 Å². The molecule has 1 heterocycles. The third-order valence-corrected chi connectivity index (χ3v) is 3.01. The summed E-state index contributed by atoms with van der Waals surface area (Å²) < 4.78 is 0. The standard InChI is InChI=1S/C11H15NOS/c1-3-9(4-2)12-8-10(13)11-6-5-7-14-11/h1,5-7,9-10,12-13H,4,8H2,2H3. The summed E-state index contributed by atoms with van der Waals surface area (Å²) in [7, 11) is 0. The Bertz CT molecular complexity index is 289. The number of hydrogen-bond donors (Lipinski definition) is 2. The highest BCUT2D eigenvalue weighted by Crippen LogP contribution is 2.17. The van der Waals surface area contributed by atoms with Crippen molar-refractivity contribution in [1.29, 1.82) is 0 Å². The number of hydrogen-bond acceptors (Lipinski definition) is 3. The molecule has 0 radical (unpaired) electrons. The van der Waals surface area contributed by atoms with Gasteiger partial charge >= 0.3 is 0 Å². The highest BCUT2D eigenvalue weighted by molar-refractivity contribution is 7.10. The molecule has 0 spiro atoms. The molecule has 76 valence electrons. The van der Waals surface area contributed by atoms with E-state index in [-0.39, 0.29) is 6.04 Å². The molecule has 0 bridgehead atoms. The van der Waals surface area contributed by atoms with Gasteiger partial charge in [-0.15, -0.1) is 17.8 Å². The van der Waals surface area contributed by atoms with Gasteiger partial charge in [0, 0.05) is 11.4 Å². The smallest absolute Gasteiger partial charge is 0.101 e. The van der Waals surface area contributed by atoms with E-state index in [1.54, 1.807) is 11.3 Å². The second-order valence-electron chi connectivity index (χ2n) is 3.07. The molecule has 1 aromatic heterocycles. The van der Waals surface area contributed by atoms with Crippen molar-refractivity contribution >= 4 is 11.3 Å². The first-order valence-corrected chi connectivity index (χ1v) is 5.56. The summed E-state index contributed by atoms with van der Waals surface area (Å²) in [5.41, 5.74) is 0. The molecule has 0 aliphatic rings. The third kappa shape index (κ3) is 3.15. The molecule has 14 heavy (non-hydrogen) atoms. The van der Waals surface area contributed by atoms with Crippen LogP contribution in [0.4, 0.5) is 0 Å². The zero-order valence-corrected chi connectivity index (χ0v) is 9.05. The van der Waals surface area contributed by atoms with Crippen LogP contribution < -0.4 is 5.32 Å². The Balaban J connectivity index is 2.35. The van der Waals surface area contributed by atoms with Crippen LogP contribution in [-0.4, -0.2) is 17.7 Å². The largest absolute Gasteiger partial charge is 0.386 e. The molecular formula is C11H15NOS. The number of aliphatic hydroxyl groups excluding tert-OH is 1. The predicted octanol–water partition coefficient (Wildman–Crippen LogP) is 1.78. The second kappa shape index (κ2) is 5.82. The zero-order valence-electron chi connectivity index (χ0n) is 8.23. The van der Waals surface area contributed by atoms with Crippen LogP contribution in [0.5, 0.6) is 0 Å². The Morgan fingerprint density at radius 1 is 1.71 bits per heavy atom. The first-order chi connectivity index (χ1) is 6.77. The number of rotatable bonds is 5. The molecule has 2 unspecified atom stereocenters. The third-order valence-electron chi connectivity index (χ3n) is 2.04. The fraction of sp³-hybridized carbons (Fsp3) is 0.455. The van der Waals surface area contributed by atoms with Gasteiger partial charge in [-0.05, 0) is 17.9 Å². The molecule has 0 aliphatic heterocycles. The van der Waals surface area contributed by atoms with E-state index in [9.17, 15) is 5.11 Å². The zero-order chi connectivity index (χ0) is 10.4. The van der Waals surface area contributed by atoms with Crippen LogP contribution in [-0.2, 0) is 0 Å². The van der Waals surface area contributed by atoms with Crippen molar-refractivity contribution in [2.24, 2.45) is 0 Å². The van der Waals surface area contributed by atoms with Gasteiger partial charge in [-0.3, -0.25) is 0 Å². The van der Waals surface area contributed by atoms with E-state index in [1.807, 2.05) is 24.4 Å². The van der Waals surface area contributed by atoms with Crippen LogP contribution in [0.15, 0.2) is 17.5 Å². The van der Waals surface area contributed by atoms with Gasteiger partial charge in [0.1, 0.15) is 6.10 Å². The van der Waals surface area contributed by atoms with Crippen molar-refractivity contribution in [3.05, 3.63) is 22.4 Å². The van der Waals surface area contributed by atoms with Crippen LogP contribution in [0.2, 0.25) is 0 Å². The van der Waals surface area contributed by atoms with Gasteiger partial charge < -0.3 is 10.4 Å². The molecule has 3 heteroatoms. The van der Waals surface area contributed by atoms with E-state index >= 15 is 0 Å². The molecule has 0 aromatic carbocycles. The predicted molar refractivity (Wildman–Crippen MR) is 60.2 cm³/mol. The lowest BCUT2D eigenvalue weighted by atomic mass is 10.2. The first kappa shape index (κ1) is 11.3. The van der Waals surface area contributed by atoms with E-state index in [1.165, 1.54) is 0 Å². The summed E-state index contributed by atoms with van der Waals surface area (Å²) in [6.07, 6.45) is 5.73. The first-order valence-electron chi connectivity index (χ1n) is 4.69.